The number of alkyl carbamates (subject to hydrolysis) is 2. The van der Waals surface area contributed by atoms with Crippen molar-refractivity contribution in [3.8, 4) is 0 Å². The van der Waals surface area contributed by atoms with Gasteiger partial charge in [-0.05, 0) is 23.3 Å². The summed E-state index contributed by atoms with van der Waals surface area (Å²) in [4.78, 5) is 98.4. The first-order chi connectivity index (χ1) is 33.0. The highest BCUT2D eigenvalue weighted by Gasteiger charge is 2.48. The van der Waals surface area contributed by atoms with Crippen molar-refractivity contribution in [2.45, 2.75) is 101 Å². The van der Waals surface area contributed by atoms with E-state index >= 15 is 0 Å². The van der Waals surface area contributed by atoms with Gasteiger partial charge in [0.15, 0.2) is 36.3 Å². The zero-order valence-corrected chi connectivity index (χ0v) is 37.6. The number of guanidine groups is 2. The van der Waals surface area contributed by atoms with Gasteiger partial charge in [-0.3, -0.25) is 30.0 Å². The number of carboxylic acid groups (broad SMARTS) is 2. The zero-order chi connectivity index (χ0) is 52.2. The van der Waals surface area contributed by atoms with Crippen LogP contribution in [0.1, 0.15) is 37.8 Å². The van der Waals surface area contributed by atoms with Gasteiger partial charge in [-0.2, -0.15) is 0 Å². The van der Waals surface area contributed by atoms with Gasteiger partial charge in [0.1, 0.15) is 12.2 Å². The fraction of sp³-hybridized carbons (Fsp3) is 0.500. The van der Waals surface area contributed by atoms with Crippen LogP contribution in [0.5, 0.6) is 0 Å². The molecule has 1 aromatic carbocycles. The van der Waals surface area contributed by atoms with Crippen molar-refractivity contribution in [2.24, 2.45) is 11.5 Å². The number of hydrogen-bond acceptors (Lipinski definition) is 18. The van der Waals surface area contributed by atoms with Crippen LogP contribution in [0.3, 0.4) is 0 Å². The molecule has 2 aliphatic rings. The van der Waals surface area contributed by atoms with E-state index in [0.717, 1.165) is 26.0 Å². The Hall–Kier alpha value is -7.96. The lowest BCUT2D eigenvalue weighted by Gasteiger charge is -2.41. The number of nitrogens with two attached hydrogens (primary N) is 2. The van der Waals surface area contributed by atoms with Gasteiger partial charge in [0.25, 0.3) is 0 Å². The van der Waals surface area contributed by atoms with Gasteiger partial charge in [-0.15, -0.1) is 0 Å². The normalized spacial score (nSPS) is 21.0. The lowest BCUT2D eigenvalue weighted by atomic mass is 9.92. The molecule has 0 saturated heterocycles. The first kappa shape index (κ1) is 56.4. The monoisotopic (exact) mass is 994 g/mol. The number of hydrogen-bond donors (Lipinski definition) is 18. The van der Waals surface area contributed by atoms with Crippen molar-refractivity contribution in [1.82, 2.24) is 42.5 Å². The number of aliphatic hydroxyl groups excluding tert-OH is 4. The molecule has 1 aromatic rings. The third-order valence-corrected chi connectivity index (χ3v) is 9.99. The minimum atomic E-state index is -1.86. The van der Waals surface area contributed by atoms with E-state index in [2.05, 4.69) is 42.5 Å². The molecule has 30 nitrogen and oxygen atoms in total. The molecule has 30 heteroatoms. The van der Waals surface area contributed by atoms with Crippen LogP contribution in [-0.2, 0) is 60.8 Å². The lowest BCUT2D eigenvalue weighted by Crippen LogP contribution is -2.65. The van der Waals surface area contributed by atoms with Gasteiger partial charge >= 0.3 is 24.1 Å². The summed E-state index contributed by atoms with van der Waals surface area (Å²) in [5.74, 6) is -8.09. The van der Waals surface area contributed by atoms with Crippen molar-refractivity contribution in [3.05, 3.63) is 59.1 Å². The molecule has 0 spiro atoms. The highest BCUT2D eigenvalue weighted by atomic mass is 16.6. The summed E-state index contributed by atoms with van der Waals surface area (Å²) in [5, 5.41) is 94.6. The Bertz CT molecular complexity index is 2000. The highest BCUT2D eigenvalue weighted by molar-refractivity contribution is 5.86. The maximum atomic E-state index is 12.8. The number of aliphatic carboxylic acids is 2. The third kappa shape index (κ3) is 17.9. The zero-order valence-electron chi connectivity index (χ0n) is 37.6. The summed E-state index contributed by atoms with van der Waals surface area (Å²) >= 11 is 0. The van der Waals surface area contributed by atoms with Crippen LogP contribution in [0.15, 0.2) is 47.9 Å². The quantitative estimate of drug-likeness (QED) is 0.0339. The Morgan fingerprint density at radius 1 is 0.614 bits per heavy atom. The van der Waals surface area contributed by atoms with Gasteiger partial charge in [0.2, 0.25) is 35.1 Å². The lowest BCUT2D eigenvalue weighted by molar-refractivity contribution is -0.147. The molecule has 0 bridgehead atoms. The predicted molar refractivity (Wildman–Crippen MR) is 236 cm³/mol. The first-order valence-electron chi connectivity index (χ1n) is 21.1. The van der Waals surface area contributed by atoms with Gasteiger partial charge in [-0.25, -0.2) is 19.2 Å². The van der Waals surface area contributed by atoms with E-state index in [1.54, 1.807) is 24.3 Å². The molecule has 0 radical (unpaired) electrons. The average Bonchev–Trinajstić information content (AvgIpc) is 3.28. The molecule has 10 atom stereocenters. The fourth-order valence-corrected chi connectivity index (χ4v) is 6.86. The van der Waals surface area contributed by atoms with E-state index in [-0.39, 0.29) is 39.0 Å². The molecule has 0 saturated carbocycles. The van der Waals surface area contributed by atoms with Gasteiger partial charge in [0, 0.05) is 52.9 Å². The second kappa shape index (κ2) is 27.1. The van der Waals surface area contributed by atoms with Crippen molar-refractivity contribution >= 4 is 59.7 Å². The Balaban J connectivity index is 1.47. The van der Waals surface area contributed by atoms with Crippen molar-refractivity contribution in [3.63, 3.8) is 0 Å². The van der Waals surface area contributed by atoms with Crippen LogP contribution in [0.4, 0.5) is 9.59 Å². The number of benzene rings is 1. The highest BCUT2D eigenvalue weighted by Crippen LogP contribution is 2.27. The van der Waals surface area contributed by atoms with E-state index in [0.29, 0.717) is 11.1 Å². The molecule has 0 aliphatic carbocycles. The topological polar surface area (TPSA) is 491 Å². The molecule has 20 N–H and O–H groups in total. The Kier molecular flexibility index (Phi) is 21.9. The number of ether oxygens (including phenoxy) is 4. The van der Waals surface area contributed by atoms with E-state index in [4.69, 9.17) is 41.2 Å². The number of carboxylic acids is 2. The smallest absolute Gasteiger partial charge is 0.407 e. The van der Waals surface area contributed by atoms with Gasteiger partial charge in [0.05, 0.1) is 37.4 Å². The molecule has 2 heterocycles. The number of carbonyl (C=O) groups excluding carboxylic acids is 6. The minimum Gasteiger partial charge on any atom is -0.477 e. The first-order valence-corrected chi connectivity index (χ1v) is 21.1. The molecule has 0 fully saturated rings. The SMILES string of the molecule is CC(=O)N[C@@H]1[C@@H](NC(=N)N)C=C(C(=O)O)O[C@H]1C(OC(=O)NCCC(=O)NCc1ccc(CNC(=O)CCNC(=O)O[C@@H]([C@@H]2OC(C(=O)O)=C[C@H](NC(=N)N)[C@H]2NC(C)=O)[C@H](O)CO)cc1)[C@H](O)CO. The second-order valence-corrected chi connectivity index (χ2v) is 15.4. The fourth-order valence-electron chi connectivity index (χ4n) is 6.86. The minimum absolute atomic E-state index is 0.0607. The van der Waals surface area contributed by atoms with E-state index in [1.807, 2.05) is 0 Å². The number of nitrogens with one attached hydrogen (secondary N) is 10. The second-order valence-electron chi connectivity index (χ2n) is 15.4. The van der Waals surface area contributed by atoms with Crippen molar-refractivity contribution in [2.75, 3.05) is 26.3 Å². The third-order valence-electron chi connectivity index (χ3n) is 9.99. The Labute approximate surface area is 397 Å². The van der Waals surface area contributed by atoms with E-state index in [1.165, 1.54) is 0 Å². The predicted octanol–water partition coefficient (Wildman–Crippen LogP) is -5.96. The summed E-state index contributed by atoms with van der Waals surface area (Å²) in [5.41, 5.74) is 12.2. The molecular formula is C40H58N12O18. The molecular weight excluding hydrogens is 937 g/mol. The average molecular weight is 995 g/mol. The number of amides is 6. The van der Waals surface area contributed by atoms with Crippen molar-refractivity contribution in [1.29, 1.82) is 10.8 Å². The maximum absolute atomic E-state index is 12.8. The van der Waals surface area contributed by atoms with Crippen LogP contribution in [0.2, 0.25) is 0 Å². The maximum Gasteiger partial charge on any atom is 0.407 e. The van der Waals surface area contributed by atoms with Crippen LogP contribution >= 0.6 is 0 Å². The molecule has 70 heavy (non-hydrogen) atoms. The van der Waals surface area contributed by atoms with E-state index < -0.39 is 145 Å². The van der Waals surface area contributed by atoms with Crippen LogP contribution in [0, 0.1) is 10.8 Å². The number of rotatable bonds is 24. The van der Waals surface area contributed by atoms with E-state index in [9.17, 15) is 69.0 Å². The number of carbonyl (C=O) groups is 8. The Morgan fingerprint density at radius 2 is 0.957 bits per heavy atom. The summed E-state index contributed by atoms with van der Waals surface area (Å²) in [7, 11) is 0. The van der Waals surface area contributed by atoms with Crippen LogP contribution in [-0.4, -0.2) is 177 Å². The molecule has 6 amide bonds. The summed E-state index contributed by atoms with van der Waals surface area (Å²) in [6.45, 7) is -0.191. The summed E-state index contributed by atoms with van der Waals surface area (Å²) in [6, 6.07) is 1.72. The number of aliphatic hydroxyl groups is 4. The largest absolute Gasteiger partial charge is 0.477 e. The van der Waals surface area contributed by atoms with Gasteiger partial charge in [-0.1, -0.05) is 24.3 Å². The van der Waals surface area contributed by atoms with Crippen LogP contribution in [0.25, 0.3) is 0 Å². The standard InChI is InChI=1S/C40H58N12O18/c1-17(55)49-29-21(51-37(41)42)11-25(35(61)62)67-33(29)31(23(57)15-53)69-39(65)45-9-7-27(59)47-13-19-3-5-20(6-4-19)14-48-28(60)8-10-46-40(66)70-32(24(58)16-54)34-30(50-18(2)56)22(52-38(43)44)12-26(68-34)36(63)64/h3-6,11-12,21-24,29-34,53-54,57-58H,7-10,13-16H2,1-2H3,(H,45,65)(H,46,66)(H,47,59)(H,48,60)(H,49,55)(H,50,56)(H,61,62)(H,63,64)(H4,41,42,51)(H4,43,44,52)/t21-,22-,23+,24+,29+,30+,31+,32?,33+,34+/m0/s1. The Morgan fingerprint density at radius 3 is 1.24 bits per heavy atom. The van der Waals surface area contributed by atoms with Crippen molar-refractivity contribution < 1.29 is 87.9 Å². The van der Waals surface area contributed by atoms with Crippen LogP contribution < -0.4 is 54.0 Å². The van der Waals surface area contributed by atoms with Gasteiger partial charge < -0.3 is 104 Å². The molecule has 3 rings (SSSR count). The molecule has 1 unspecified atom stereocenters. The molecule has 386 valence electrons. The summed E-state index contributed by atoms with van der Waals surface area (Å²) in [6.07, 6.45) is -11.5. The molecule has 2 aliphatic heterocycles. The summed E-state index contributed by atoms with van der Waals surface area (Å²) < 4.78 is 21.5. The molecule has 0 aromatic heterocycles.